The molecule has 1 aromatic heterocycles. The van der Waals surface area contributed by atoms with Gasteiger partial charge in [0.05, 0.1) is 6.54 Å². The van der Waals surface area contributed by atoms with E-state index >= 15 is 0 Å². The van der Waals surface area contributed by atoms with Crippen LogP contribution in [-0.2, 0) is 13.0 Å². The van der Waals surface area contributed by atoms with E-state index in [9.17, 15) is 4.39 Å². The monoisotopic (exact) mass is 274 g/mol. The molecule has 1 fully saturated rings. The number of hydrogen-bond acceptors (Lipinski definition) is 3. The first kappa shape index (κ1) is 13.2. The molecule has 1 N–H and O–H groups in total. The lowest BCUT2D eigenvalue weighted by molar-refractivity contribution is 0.318. The van der Waals surface area contributed by atoms with Crippen molar-refractivity contribution < 1.29 is 4.39 Å². The number of benzene rings is 1. The number of aromatic nitrogens is 3. The normalized spacial score (nSPS) is 19.6. The molecule has 1 saturated heterocycles. The van der Waals surface area contributed by atoms with Gasteiger partial charge in [0.25, 0.3) is 0 Å². The molecule has 0 unspecified atom stereocenters. The summed E-state index contributed by atoms with van der Waals surface area (Å²) >= 11 is 0. The minimum absolute atomic E-state index is 0.169. The number of rotatable bonds is 4. The quantitative estimate of drug-likeness (QED) is 0.931. The first-order chi connectivity index (χ1) is 9.74. The number of nitrogens with one attached hydrogen (secondary N) is 1. The zero-order chi connectivity index (χ0) is 13.9. The molecular formula is C15H19FN4. The Morgan fingerprint density at radius 3 is 2.85 bits per heavy atom. The summed E-state index contributed by atoms with van der Waals surface area (Å²) < 4.78 is 12.9. The van der Waals surface area contributed by atoms with Gasteiger partial charge < -0.3 is 0 Å². The molecule has 1 aliphatic rings. The highest BCUT2D eigenvalue weighted by atomic mass is 19.1. The van der Waals surface area contributed by atoms with Crippen molar-refractivity contribution in [3.63, 3.8) is 0 Å². The van der Waals surface area contributed by atoms with E-state index in [1.54, 1.807) is 12.1 Å². The SMILES string of the molecule is CCc1n[nH]c(CN2CC[C@@H](c3ccc(F)cc3)C2)n1. The predicted octanol–water partition coefficient (Wildman–Crippen LogP) is 2.50. The van der Waals surface area contributed by atoms with E-state index in [1.165, 1.54) is 5.56 Å². The van der Waals surface area contributed by atoms with Crippen LogP contribution in [0.4, 0.5) is 4.39 Å². The number of hydrogen-bond donors (Lipinski definition) is 1. The van der Waals surface area contributed by atoms with Crippen LogP contribution in [0.25, 0.3) is 0 Å². The van der Waals surface area contributed by atoms with Crippen LogP contribution < -0.4 is 0 Å². The molecule has 3 rings (SSSR count). The van der Waals surface area contributed by atoms with E-state index in [1.807, 2.05) is 19.1 Å². The van der Waals surface area contributed by atoms with Crippen molar-refractivity contribution in [1.82, 2.24) is 20.1 Å². The average molecular weight is 274 g/mol. The largest absolute Gasteiger partial charge is 0.295 e. The first-order valence-corrected chi connectivity index (χ1v) is 7.12. The van der Waals surface area contributed by atoms with Gasteiger partial charge in [-0.05, 0) is 36.6 Å². The van der Waals surface area contributed by atoms with E-state index in [0.29, 0.717) is 5.92 Å². The summed E-state index contributed by atoms with van der Waals surface area (Å²) in [6, 6.07) is 6.88. The Balaban J connectivity index is 1.60. The van der Waals surface area contributed by atoms with Crippen LogP contribution >= 0.6 is 0 Å². The van der Waals surface area contributed by atoms with Gasteiger partial charge >= 0.3 is 0 Å². The van der Waals surface area contributed by atoms with Crippen LogP contribution in [-0.4, -0.2) is 33.2 Å². The van der Waals surface area contributed by atoms with Crippen LogP contribution in [0.2, 0.25) is 0 Å². The average Bonchev–Trinajstić information content (AvgIpc) is 3.09. The second-order valence-electron chi connectivity index (χ2n) is 5.32. The summed E-state index contributed by atoms with van der Waals surface area (Å²) in [6.07, 6.45) is 1.97. The number of aromatic amines is 1. The van der Waals surface area contributed by atoms with E-state index in [0.717, 1.165) is 44.1 Å². The Kier molecular flexibility index (Phi) is 3.78. The first-order valence-electron chi connectivity index (χ1n) is 7.12. The molecule has 20 heavy (non-hydrogen) atoms. The van der Waals surface area contributed by atoms with Gasteiger partial charge in [-0.2, -0.15) is 5.10 Å². The third kappa shape index (κ3) is 2.88. The zero-order valence-electron chi connectivity index (χ0n) is 11.6. The molecule has 2 heterocycles. The van der Waals surface area contributed by atoms with Gasteiger partial charge in [0.2, 0.25) is 0 Å². The Hall–Kier alpha value is -1.75. The Bertz CT molecular complexity index is 564. The minimum Gasteiger partial charge on any atom is -0.295 e. The number of halogens is 1. The molecule has 106 valence electrons. The van der Waals surface area contributed by atoms with Gasteiger partial charge in [0.15, 0.2) is 0 Å². The topological polar surface area (TPSA) is 44.8 Å². The molecular weight excluding hydrogens is 255 g/mol. The molecule has 0 saturated carbocycles. The van der Waals surface area contributed by atoms with E-state index in [4.69, 9.17) is 0 Å². The fourth-order valence-corrected chi connectivity index (χ4v) is 2.76. The molecule has 0 spiro atoms. The molecule has 4 nitrogen and oxygen atoms in total. The minimum atomic E-state index is -0.169. The van der Waals surface area contributed by atoms with Gasteiger partial charge in [0.1, 0.15) is 17.5 Å². The molecule has 0 aliphatic carbocycles. The third-order valence-electron chi connectivity index (χ3n) is 3.88. The summed E-state index contributed by atoms with van der Waals surface area (Å²) in [6.45, 7) is 4.90. The fourth-order valence-electron chi connectivity index (χ4n) is 2.76. The van der Waals surface area contributed by atoms with Crippen molar-refractivity contribution in [2.45, 2.75) is 32.2 Å². The van der Waals surface area contributed by atoms with Crippen molar-refractivity contribution in [1.29, 1.82) is 0 Å². The maximum absolute atomic E-state index is 12.9. The standard InChI is InChI=1S/C15H19FN4/c1-2-14-17-15(19-18-14)10-20-8-7-12(9-20)11-3-5-13(16)6-4-11/h3-6,12H,2,7-10H2,1H3,(H,17,18,19)/t12-/m1/s1. The van der Waals surface area contributed by atoms with Crippen molar-refractivity contribution in [2.24, 2.45) is 0 Å². The summed E-state index contributed by atoms with van der Waals surface area (Å²) in [5, 5.41) is 7.15. The van der Waals surface area contributed by atoms with Crippen LogP contribution in [0.15, 0.2) is 24.3 Å². The molecule has 0 radical (unpaired) electrons. The van der Waals surface area contributed by atoms with Crippen molar-refractivity contribution >= 4 is 0 Å². The Morgan fingerprint density at radius 2 is 2.15 bits per heavy atom. The zero-order valence-corrected chi connectivity index (χ0v) is 11.6. The highest BCUT2D eigenvalue weighted by Crippen LogP contribution is 2.27. The van der Waals surface area contributed by atoms with Crippen LogP contribution in [0.5, 0.6) is 0 Å². The summed E-state index contributed by atoms with van der Waals surface area (Å²) in [7, 11) is 0. The molecule has 0 amide bonds. The van der Waals surface area contributed by atoms with Crippen molar-refractivity contribution in [3.05, 3.63) is 47.3 Å². The van der Waals surface area contributed by atoms with Gasteiger partial charge in [-0.3, -0.25) is 10.00 Å². The molecule has 1 aromatic carbocycles. The fraction of sp³-hybridized carbons (Fsp3) is 0.467. The second-order valence-corrected chi connectivity index (χ2v) is 5.32. The molecule has 1 aliphatic heterocycles. The Morgan fingerprint density at radius 1 is 1.35 bits per heavy atom. The molecule has 1 atom stereocenters. The highest BCUT2D eigenvalue weighted by molar-refractivity contribution is 5.22. The smallest absolute Gasteiger partial charge is 0.150 e. The highest BCUT2D eigenvalue weighted by Gasteiger charge is 2.24. The maximum atomic E-state index is 12.9. The Labute approximate surface area is 118 Å². The van der Waals surface area contributed by atoms with E-state index in [-0.39, 0.29) is 5.82 Å². The summed E-state index contributed by atoms with van der Waals surface area (Å²) in [4.78, 5) is 6.81. The third-order valence-corrected chi connectivity index (χ3v) is 3.88. The van der Waals surface area contributed by atoms with Crippen LogP contribution in [0.3, 0.4) is 0 Å². The molecule has 0 bridgehead atoms. The van der Waals surface area contributed by atoms with Gasteiger partial charge in [-0.15, -0.1) is 0 Å². The van der Waals surface area contributed by atoms with Crippen LogP contribution in [0, 0.1) is 5.82 Å². The lowest BCUT2D eigenvalue weighted by Crippen LogP contribution is -2.20. The van der Waals surface area contributed by atoms with Gasteiger partial charge in [-0.25, -0.2) is 9.37 Å². The van der Waals surface area contributed by atoms with Crippen molar-refractivity contribution in [3.8, 4) is 0 Å². The van der Waals surface area contributed by atoms with E-state index < -0.39 is 0 Å². The second kappa shape index (κ2) is 5.71. The number of nitrogens with zero attached hydrogens (tertiary/aromatic N) is 3. The van der Waals surface area contributed by atoms with Crippen molar-refractivity contribution in [2.75, 3.05) is 13.1 Å². The maximum Gasteiger partial charge on any atom is 0.150 e. The predicted molar refractivity (Wildman–Crippen MR) is 74.8 cm³/mol. The summed E-state index contributed by atoms with van der Waals surface area (Å²) in [5.41, 5.74) is 1.22. The van der Waals surface area contributed by atoms with Gasteiger partial charge in [-0.1, -0.05) is 19.1 Å². The lowest BCUT2D eigenvalue weighted by Gasteiger charge is -2.14. The summed E-state index contributed by atoms with van der Waals surface area (Å²) in [5.74, 6) is 2.12. The molecule has 5 heteroatoms. The number of likely N-dealkylation sites (tertiary alicyclic amines) is 1. The van der Waals surface area contributed by atoms with E-state index in [2.05, 4.69) is 20.1 Å². The van der Waals surface area contributed by atoms with Crippen LogP contribution in [0.1, 0.15) is 36.5 Å². The van der Waals surface area contributed by atoms with Gasteiger partial charge in [0, 0.05) is 13.0 Å². The molecule has 2 aromatic rings. The number of aryl methyl sites for hydroxylation is 1. The lowest BCUT2D eigenvalue weighted by atomic mass is 9.99. The number of H-pyrrole nitrogens is 1.